The summed E-state index contributed by atoms with van der Waals surface area (Å²) in [6.45, 7) is 3.62. The van der Waals surface area contributed by atoms with Crippen LogP contribution in [-0.2, 0) is 4.79 Å². The average Bonchev–Trinajstić information content (AvgIpc) is 3.65. The number of ether oxygens (including phenoxy) is 1. The molecule has 0 spiro atoms. The highest BCUT2D eigenvalue weighted by molar-refractivity contribution is 6.31. The van der Waals surface area contributed by atoms with Crippen LogP contribution in [0.1, 0.15) is 55.1 Å². The van der Waals surface area contributed by atoms with Crippen molar-refractivity contribution in [1.82, 2.24) is 0 Å². The van der Waals surface area contributed by atoms with E-state index in [0.29, 0.717) is 22.8 Å². The van der Waals surface area contributed by atoms with Crippen molar-refractivity contribution in [3.63, 3.8) is 0 Å². The first-order chi connectivity index (χ1) is 17.1. The van der Waals surface area contributed by atoms with Crippen molar-refractivity contribution >= 4 is 29.2 Å². The van der Waals surface area contributed by atoms with E-state index in [1.165, 1.54) is 42.6 Å². The zero-order valence-corrected chi connectivity index (χ0v) is 20.6. The van der Waals surface area contributed by atoms with Gasteiger partial charge in [-0.2, -0.15) is 4.73 Å². The van der Waals surface area contributed by atoms with Crippen molar-refractivity contribution in [2.45, 2.75) is 45.1 Å². The highest BCUT2D eigenvalue weighted by Gasteiger charge is 2.35. The van der Waals surface area contributed by atoms with Gasteiger partial charge < -0.3 is 20.4 Å². The Morgan fingerprint density at radius 1 is 1.17 bits per heavy atom. The second-order valence-electron chi connectivity index (χ2n) is 9.17. The number of nitrogens with zero attached hydrogens (tertiary/aromatic N) is 1. The number of nitrogens with one attached hydrogen (secondary N) is 1. The second-order valence-corrected chi connectivity index (χ2v) is 9.58. The number of rotatable bonds is 9. The van der Waals surface area contributed by atoms with Gasteiger partial charge in [-0.25, -0.2) is 9.18 Å². The summed E-state index contributed by atoms with van der Waals surface area (Å²) < 4.78 is 21.3. The SMILES string of the molecule is CC(C)Oc1ccc(Cl)c(F)c1-c1ccc([C@H](CC2CC2)C(=O)Nc2ccc(C(=O)O)cc2)[n+]([O-])c1. The number of amides is 1. The van der Waals surface area contributed by atoms with Gasteiger partial charge in [-0.3, -0.25) is 4.79 Å². The molecule has 7 nitrogen and oxygen atoms in total. The highest BCUT2D eigenvalue weighted by Crippen LogP contribution is 2.40. The van der Waals surface area contributed by atoms with Gasteiger partial charge in [0.1, 0.15) is 11.7 Å². The first kappa shape index (κ1) is 25.4. The molecule has 1 fully saturated rings. The van der Waals surface area contributed by atoms with E-state index in [1.807, 2.05) is 13.8 Å². The Morgan fingerprint density at radius 3 is 2.44 bits per heavy atom. The largest absolute Gasteiger partial charge is 0.618 e. The molecule has 2 aromatic carbocycles. The molecule has 1 saturated carbocycles. The van der Waals surface area contributed by atoms with E-state index in [1.54, 1.807) is 12.1 Å². The molecule has 9 heteroatoms. The maximum atomic E-state index is 15.0. The van der Waals surface area contributed by atoms with Crippen LogP contribution >= 0.6 is 11.6 Å². The van der Waals surface area contributed by atoms with Crippen LogP contribution < -0.4 is 14.8 Å². The van der Waals surface area contributed by atoms with Crippen molar-refractivity contribution < 1.29 is 28.6 Å². The minimum atomic E-state index is -1.06. The standard InChI is InChI=1S/C27H26ClFN2O5/c1-15(2)36-23-12-10-21(28)25(29)24(23)18-7-11-22(31(35)14-18)20(13-16-3-4-16)26(32)30-19-8-5-17(6-9-19)27(33)34/h5-12,14-16,20H,3-4,13H2,1-2H3,(H,30,32)(H,33,34)/t20-/m0/s1. The number of anilines is 1. The van der Waals surface area contributed by atoms with E-state index in [0.717, 1.165) is 12.8 Å². The van der Waals surface area contributed by atoms with Crippen molar-refractivity contribution in [3.05, 3.63) is 82.0 Å². The van der Waals surface area contributed by atoms with Crippen molar-refractivity contribution in [2.75, 3.05) is 5.32 Å². The van der Waals surface area contributed by atoms with Gasteiger partial charge >= 0.3 is 5.97 Å². The molecule has 1 aliphatic carbocycles. The lowest BCUT2D eigenvalue weighted by Gasteiger charge is -2.18. The molecule has 1 heterocycles. The molecule has 2 N–H and O–H groups in total. The summed E-state index contributed by atoms with van der Waals surface area (Å²) in [6.07, 6.45) is 3.47. The first-order valence-corrected chi connectivity index (χ1v) is 12.0. The summed E-state index contributed by atoms with van der Waals surface area (Å²) in [4.78, 5) is 24.3. The van der Waals surface area contributed by atoms with E-state index >= 15 is 0 Å². The summed E-state index contributed by atoms with van der Waals surface area (Å²) in [5.41, 5.74) is 1.12. The molecular weight excluding hydrogens is 487 g/mol. The van der Waals surface area contributed by atoms with E-state index < -0.39 is 17.7 Å². The van der Waals surface area contributed by atoms with Crippen LogP contribution in [0.15, 0.2) is 54.7 Å². The van der Waals surface area contributed by atoms with Crippen LogP contribution in [-0.4, -0.2) is 23.1 Å². The highest BCUT2D eigenvalue weighted by atomic mass is 35.5. The smallest absolute Gasteiger partial charge is 0.335 e. The molecule has 0 saturated heterocycles. The molecule has 0 radical (unpaired) electrons. The molecule has 1 aliphatic rings. The monoisotopic (exact) mass is 512 g/mol. The Kier molecular flexibility index (Phi) is 7.45. The van der Waals surface area contributed by atoms with E-state index in [9.17, 15) is 19.2 Å². The van der Waals surface area contributed by atoms with Gasteiger partial charge in [0, 0.05) is 11.8 Å². The van der Waals surface area contributed by atoms with Crippen LogP contribution in [0, 0.1) is 16.9 Å². The summed E-state index contributed by atoms with van der Waals surface area (Å²) in [5, 5.41) is 24.9. The van der Waals surface area contributed by atoms with Crippen LogP contribution in [0.25, 0.3) is 11.1 Å². The topological polar surface area (TPSA) is 103 Å². The third-order valence-electron chi connectivity index (χ3n) is 5.99. The van der Waals surface area contributed by atoms with Gasteiger partial charge in [-0.1, -0.05) is 24.4 Å². The molecule has 1 atom stereocenters. The van der Waals surface area contributed by atoms with Crippen LogP contribution in [0.4, 0.5) is 10.1 Å². The summed E-state index contributed by atoms with van der Waals surface area (Å²) in [7, 11) is 0. The van der Waals surface area contributed by atoms with E-state index in [2.05, 4.69) is 5.32 Å². The summed E-state index contributed by atoms with van der Waals surface area (Å²) in [5.74, 6) is -2.27. The second kappa shape index (κ2) is 10.5. The lowest BCUT2D eigenvalue weighted by molar-refractivity contribution is -0.614. The third kappa shape index (κ3) is 5.76. The van der Waals surface area contributed by atoms with E-state index in [4.69, 9.17) is 21.4 Å². The molecular formula is C27H26ClFN2O5. The van der Waals surface area contributed by atoms with Gasteiger partial charge in [0.15, 0.2) is 12.0 Å². The first-order valence-electron chi connectivity index (χ1n) is 11.7. The third-order valence-corrected chi connectivity index (χ3v) is 6.28. The number of hydrogen-bond donors (Lipinski definition) is 2. The summed E-state index contributed by atoms with van der Waals surface area (Å²) in [6, 6.07) is 11.9. The Bertz CT molecular complexity index is 1290. The number of carboxylic acid groups (broad SMARTS) is 1. The maximum absolute atomic E-state index is 15.0. The van der Waals surface area contributed by atoms with Gasteiger partial charge in [0.05, 0.1) is 27.8 Å². The lowest BCUT2D eigenvalue weighted by Crippen LogP contribution is -2.37. The molecule has 0 aliphatic heterocycles. The Labute approximate surface area is 213 Å². The Balaban J connectivity index is 1.65. The minimum Gasteiger partial charge on any atom is -0.618 e. The number of benzene rings is 2. The predicted molar refractivity (Wildman–Crippen MR) is 134 cm³/mol. The van der Waals surface area contributed by atoms with E-state index in [-0.39, 0.29) is 45.2 Å². The van der Waals surface area contributed by atoms with Crippen molar-refractivity contribution in [1.29, 1.82) is 0 Å². The maximum Gasteiger partial charge on any atom is 0.335 e. The fourth-order valence-corrected chi connectivity index (χ4v) is 4.20. The number of aromatic carboxylic acids is 1. The fourth-order valence-electron chi connectivity index (χ4n) is 4.04. The minimum absolute atomic E-state index is 0.0778. The summed E-state index contributed by atoms with van der Waals surface area (Å²) >= 11 is 6.00. The number of hydrogen-bond acceptors (Lipinski definition) is 4. The number of aromatic nitrogens is 1. The molecule has 0 unspecified atom stereocenters. The molecule has 4 rings (SSSR count). The number of pyridine rings is 1. The van der Waals surface area contributed by atoms with Gasteiger partial charge in [0.2, 0.25) is 11.6 Å². The average molecular weight is 513 g/mol. The molecule has 1 aromatic heterocycles. The van der Waals surface area contributed by atoms with Crippen LogP contribution in [0.2, 0.25) is 5.02 Å². The van der Waals surface area contributed by atoms with Crippen molar-refractivity contribution in [2.24, 2.45) is 5.92 Å². The zero-order valence-electron chi connectivity index (χ0n) is 19.8. The predicted octanol–water partition coefficient (Wildman–Crippen LogP) is 5.79. The fraction of sp³-hybridized carbons (Fsp3) is 0.296. The molecule has 36 heavy (non-hydrogen) atoms. The molecule has 0 bridgehead atoms. The lowest BCUT2D eigenvalue weighted by atomic mass is 9.95. The Morgan fingerprint density at radius 2 is 1.86 bits per heavy atom. The quantitative estimate of drug-likeness (QED) is 0.279. The van der Waals surface area contributed by atoms with Gasteiger partial charge in [0.25, 0.3) is 0 Å². The Hall–Kier alpha value is -3.65. The van der Waals surface area contributed by atoms with Gasteiger partial charge in [-0.15, -0.1) is 0 Å². The number of carbonyl (C=O) groups is 2. The van der Waals surface area contributed by atoms with Gasteiger partial charge in [-0.05, 0) is 68.7 Å². The number of carbonyl (C=O) groups excluding carboxylic acids is 1. The molecule has 188 valence electrons. The molecule has 1 amide bonds. The van der Waals surface area contributed by atoms with Crippen LogP contribution in [0.3, 0.4) is 0 Å². The number of carboxylic acids is 1. The normalized spacial score (nSPS) is 13.9. The zero-order chi connectivity index (χ0) is 26.0. The number of halogens is 2. The van der Waals surface area contributed by atoms with Crippen molar-refractivity contribution in [3.8, 4) is 16.9 Å². The molecule has 3 aromatic rings. The van der Waals surface area contributed by atoms with Crippen LogP contribution in [0.5, 0.6) is 5.75 Å².